The molecule has 6 heteroatoms. The largest absolute Gasteiger partial charge is 0.358 e. The van der Waals surface area contributed by atoms with Crippen LogP contribution in [0.15, 0.2) is 164 Å². The molecular weight excluding hydrogens is 902 g/mol. The van der Waals surface area contributed by atoms with Crippen LogP contribution in [0, 0.1) is 18.5 Å². The van der Waals surface area contributed by atoms with Crippen molar-refractivity contribution in [2.45, 2.75) is 26.2 Å². The molecule has 4 heterocycles. The van der Waals surface area contributed by atoms with Gasteiger partial charge >= 0.3 is 0 Å². The van der Waals surface area contributed by atoms with Crippen molar-refractivity contribution in [2.24, 2.45) is 6.98 Å². The van der Waals surface area contributed by atoms with E-state index in [2.05, 4.69) is 170 Å². The molecule has 0 fully saturated rings. The molecule has 0 aliphatic carbocycles. The predicted octanol–water partition coefficient (Wildman–Crippen LogP) is 12.2. The molecule has 0 unspecified atom stereocenters. The van der Waals surface area contributed by atoms with E-state index < -0.39 is 6.98 Å². The average Bonchev–Trinajstić information content (AvgIpc) is 3.84. The topological polar surface area (TPSA) is 31.6 Å². The Bertz CT molecular complexity index is 3640. The van der Waals surface area contributed by atoms with Gasteiger partial charge in [0.25, 0.3) is 0 Å². The molecule has 0 N–H and O–H groups in total. The summed E-state index contributed by atoms with van der Waals surface area (Å²) in [4.78, 5) is 5.00. The van der Waals surface area contributed by atoms with Crippen LogP contribution in [0.4, 0.5) is 0 Å². The van der Waals surface area contributed by atoms with Gasteiger partial charge in [0.05, 0.1) is 22.1 Å². The number of pyridine rings is 1. The molecule has 288 valence electrons. The normalized spacial score (nSPS) is 12.9. The molecule has 5 nitrogen and oxygen atoms in total. The molecule has 0 radical (unpaired) electrons. The second kappa shape index (κ2) is 14.1. The van der Waals surface area contributed by atoms with Gasteiger partial charge in [-0.1, -0.05) is 158 Å². The molecule has 0 saturated carbocycles. The smallest absolute Gasteiger partial charge is 0.242 e. The van der Waals surface area contributed by atoms with Crippen molar-refractivity contribution in [1.29, 1.82) is 0 Å². The van der Waals surface area contributed by atoms with Gasteiger partial charge < -0.3 is 18.3 Å². The van der Waals surface area contributed by atoms with Crippen LogP contribution >= 0.6 is 0 Å². The molecule has 0 saturated heterocycles. The van der Waals surface area contributed by atoms with E-state index in [-0.39, 0.29) is 26.5 Å². The monoisotopic (exact) mass is 943 g/mol. The molecular formula is C53H39N5Pt-2. The van der Waals surface area contributed by atoms with Gasteiger partial charge in [0.2, 0.25) is 6.33 Å². The summed E-state index contributed by atoms with van der Waals surface area (Å²) >= 11 is 0. The number of aromatic nitrogens is 5. The molecule has 0 amide bonds. The first-order chi connectivity index (χ1) is 29.5. The van der Waals surface area contributed by atoms with Gasteiger partial charge in [-0.3, -0.25) is 0 Å². The van der Waals surface area contributed by atoms with Crippen LogP contribution in [0.1, 0.15) is 30.4 Å². The Morgan fingerprint density at radius 1 is 0.525 bits per heavy atom. The van der Waals surface area contributed by atoms with Crippen LogP contribution in [0.25, 0.3) is 93.4 Å². The third-order valence-corrected chi connectivity index (χ3v) is 11.4. The summed E-state index contributed by atoms with van der Waals surface area (Å²) in [5.74, 6) is 0.823. The van der Waals surface area contributed by atoms with Crippen LogP contribution < -0.4 is 4.57 Å². The number of benzene rings is 7. The maximum atomic E-state index is 8.33. The zero-order valence-corrected chi connectivity index (χ0v) is 34.9. The van der Waals surface area contributed by atoms with E-state index in [9.17, 15) is 0 Å². The SMILES string of the molecule is [2H]C([2H])([2H])[n+]1[c-]n(-c2[c-]c(-n3c4[c-]c5c(cc4c4ccccc4c4ccccc4c4ccccc43)c3ccccc3n5-c3cc(C(C)(C)C)ccn3)ccc2)c2ccccc21.[Pt]. The second-order valence-electron chi connectivity index (χ2n) is 15.9. The summed E-state index contributed by atoms with van der Waals surface area (Å²) in [6.07, 6.45) is 5.06. The number of para-hydroxylation sites is 4. The summed E-state index contributed by atoms with van der Waals surface area (Å²) in [6.45, 7) is 4.25. The van der Waals surface area contributed by atoms with Gasteiger partial charge in [-0.2, -0.15) is 24.3 Å². The van der Waals surface area contributed by atoms with E-state index in [0.717, 1.165) is 76.7 Å². The Morgan fingerprint density at radius 2 is 1.05 bits per heavy atom. The van der Waals surface area contributed by atoms with Crippen LogP contribution in [0.2, 0.25) is 0 Å². The van der Waals surface area contributed by atoms with Crippen LogP contribution in [0.3, 0.4) is 0 Å². The summed E-state index contributed by atoms with van der Waals surface area (Å²) in [5, 5.41) is 8.65. The van der Waals surface area contributed by atoms with E-state index in [4.69, 9.17) is 9.10 Å². The summed E-state index contributed by atoms with van der Waals surface area (Å²) in [6, 6.07) is 62.2. The summed E-state index contributed by atoms with van der Waals surface area (Å²) in [7, 11) is 0. The minimum Gasteiger partial charge on any atom is -0.358 e. The number of imidazole rings is 1. The van der Waals surface area contributed by atoms with Gasteiger partial charge in [0, 0.05) is 43.7 Å². The molecule has 11 aromatic rings. The first kappa shape index (κ1) is 33.4. The maximum Gasteiger partial charge on any atom is 0.242 e. The molecule has 0 bridgehead atoms. The first-order valence-electron chi connectivity index (χ1n) is 21.1. The Labute approximate surface area is 361 Å². The Kier molecular flexibility index (Phi) is 7.97. The third-order valence-electron chi connectivity index (χ3n) is 11.4. The second-order valence-corrected chi connectivity index (χ2v) is 15.9. The molecule has 0 aliphatic rings. The van der Waals surface area contributed by atoms with E-state index in [1.165, 1.54) is 10.1 Å². The number of fused-ring (bicyclic) bond motifs is 11. The predicted molar refractivity (Wildman–Crippen MR) is 239 cm³/mol. The van der Waals surface area contributed by atoms with Gasteiger partial charge in [0.1, 0.15) is 5.82 Å². The third kappa shape index (κ3) is 5.87. The minimum absolute atomic E-state index is 0. The molecule has 11 rings (SSSR count). The Hall–Kier alpha value is -6.55. The number of rotatable bonds is 3. The Morgan fingerprint density at radius 3 is 1.73 bits per heavy atom. The molecule has 0 spiro atoms. The van der Waals surface area contributed by atoms with Gasteiger partial charge in [-0.25, -0.2) is 4.98 Å². The van der Waals surface area contributed by atoms with Crippen molar-refractivity contribution in [3.8, 4) is 17.2 Å². The first-order valence-corrected chi connectivity index (χ1v) is 19.6. The fourth-order valence-corrected chi connectivity index (χ4v) is 8.67. The number of hydrogen-bond acceptors (Lipinski definition) is 1. The van der Waals surface area contributed by atoms with E-state index in [1.807, 2.05) is 42.6 Å². The van der Waals surface area contributed by atoms with E-state index in [1.54, 1.807) is 4.57 Å². The van der Waals surface area contributed by atoms with Crippen molar-refractivity contribution >= 4 is 76.2 Å². The number of nitrogens with zero attached hydrogens (tertiary/aromatic N) is 5. The van der Waals surface area contributed by atoms with Gasteiger partial charge in [-0.15, -0.1) is 22.9 Å². The fraction of sp³-hybridized carbons (Fsp3) is 0.0943. The molecule has 0 aliphatic heterocycles. The minimum atomic E-state index is -2.43. The molecule has 4 aromatic heterocycles. The quantitative estimate of drug-likeness (QED) is 0.128. The maximum absolute atomic E-state index is 8.33. The van der Waals surface area contributed by atoms with Crippen molar-refractivity contribution in [2.75, 3.05) is 0 Å². The molecule has 59 heavy (non-hydrogen) atoms. The summed E-state index contributed by atoms with van der Waals surface area (Å²) < 4.78 is 32.5. The zero-order chi connectivity index (χ0) is 41.6. The van der Waals surface area contributed by atoms with Crippen molar-refractivity contribution in [3.05, 3.63) is 188 Å². The van der Waals surface area contributed by atoms with E-state index >= 15 is 0 Å². The number of aryl methyl sites for hydroxylation is 1. The molecule has 0 atom stereocenters. The van der Waals surface area contributed by atoms with Gasteiger partial charge in [0.15, 0.2) is 0 Å². The Balaban J connectivity index is 0.00000458. The van der Waals surface area contributed by atoms with Crippen LogP contribution in [-0.4, -0.2) is 18.7 Å². The zero-order valence-electron chi connectivity index (χ0n) is 35.6. The van der Waals surface area contributed by atoms with Crippen molar-refractivity contribution < 1.29 is 29.7 Å². The summed E-state index contributed by atoms with van der Waals surface area (Å²) in [5.41, 5.74) is 7.49. The van der Waals surface area contributed by atoms with Gasteiger partial charge in [-0.05, 0) is 56.8 Å². The average molecular weight is 944 g/mol. The number of hydrogen-bond donors (Lipinski definition) is 0. The van der Waals surface area contributed by atoms with E-state index in [0.29, 0.717) is 16.7 Å². The van der Waals surface area contributed by atoms with Crippen LogP contribution in [-0.2, 0) is 33.5 Å². The fourth-order valence-electron chi connectivity index (χ4n) is 8.67. The molecule has 7 aromatic carbocycles. The van der Waals surface area contributed by atoms with Crippen molar-refractivity contribution in [3.63, 3.8) is 0 Å². The van der Waals surface area contributed by atoms with Crippen molar-refractivity contribution in [1.82, 2.24) is 18.7 Å². The standard InChI is InChI=1S/C53H39N5.Pt/c1-53(2,3)35-28-29-54-52(30-35)58-47-25-12-10-23-43(47)45-32-44-41-21-8-6-19-39(41)38-18-5-7-20-40(38)42-22-9-11-24-46(42)57(50(44)33-51(45)58)37-17-15-16-36(31-37)56-34-55(4)48-26-13-14-27-49(48)56;/h5-30,32H,1-4H3;/q-2;/i4D3;. The van der Waals surface area contributed by atoms with Crippen LogP contribution in [0.5, 0.6) is 0 Å².